The Morgan fingerprint density at radius 2 is 0.933 bits per heavy atom. The first-order chi connectivity index (χ1) is 6.29. The number of hydrogen-bond donors (Lipinski definition) is 6. The first-order valence-corrected chi connectivity index (χ1v) is 3.47. The number of aliphatic hydroxyl groups is 4. The van der Waals surface area contributed by atoms with Crippen LogP contribution in [0.15, 0.2) is 0 Å². The average Bonchev–Trinajstić information content (AvgIpc) is 2.12. The molecule has 4 atom stereocenters. The van der Waals surface area contributed by atoms with E-state index in [2.05, 4.69) is 0 Å². The second kappa shape index (κ2) is 7.28. The zero-order valence-corrected chi connectivity index (χ0v) is 11.0. The molecule has 0 aromatic heterocycles. The molecule has 0 aliphatic rings. The predicted molar refractivity (Wildman–Crippen MR) is 39.3 cm³/mol. The van der Waals surface area contributed by atoms with Gasteiger partial charge in [0.25, 0.3) is 0 Å². The third-order valence-corrected chi connectivity index (χ3v) is 1.50. The number of carboxylic acids is 2. The molecular formula is C6H10LaO8. The van der Waals surface area contributed by atoms with E-state index in [1.54, 1.807) is 0 Å². The van der Waals surface area contributed by atoms with Gasteiger partial charge in [0.15, 0.2) is 12.2 Å². The van der Waals surface area contributed by atoms with E-state index < -0.39 is 36.4 Å². The maximum Gasteiger partial charge on any atom is 0.335 e. The molecule has 0 aromatic rings. The molecular weight excluding hydrogens is 339 g/mol. The Morgan fingerprint density at radius 3 is 1.07 bits per heavy atom. The molecule has 0 amide bonds. The molecule has 0 saturated heterocycles. The Morgan fingerprint density at radius 1 is 0.733 bits per heavy atom. The smallest absolute Gasteiger partial charge is 0.335 e. The van der Waals surface area contributed by atoms with Crippen molar-refractivity contribution in [1.82, 2.24) is 0 Å². The SMILES string of the molecule is O=C(O)C(O)C(O)C(O)C(O)C(=O)O.[La]. The fourth-order valence-corrected chi connectivity index (χ4v) is 0.666. The van der Waals surface area contributed by atoms with Crippen LogP contribution in [0.2, 0.25) is 0 Å². The van der Waals surface area contributed by atoms with E-state index in [1.165, 1.54) is 0 Å². The fourth-order valence-electron chi connectivity index (χ4n) is 0.666. The van der Waals surface area contributed by atoms with Crippen LogP contribution >= 0.6 is 0 Å². The third-order valence-electron chi connectivity index (χ3n) is 1.50. The Kier molecular flexibility index (Phi) is 8.43. The molecule has 1 radical (unpaired) electrons. The Bertz CT molecular complexity index is 207. The Balaban J connectivity index is 0. The van der Waals surface area contributed by atoms with Crippen molar-refractivity contribution in [3.05, 3.63) is 0 Å². The standard InChI is InChI=1S/C6H10O8.La/c7-1(3(9)5(11)12)2(8)4(10)6(13)14;/h1-4,7-10H,(H,11,12)(H,13,14);. The van der Waals surface area contributed by atoms with E-state index in [-0.39, 0.29) is 35.6 Å². The third kappa shape index (κ3) is 5.02. The van der Waals surface area contributed by atoms with Gasteiger partial charge in [0.05, 0.1) is 0 Å². The molecule has 0 saturated carbocycles. The molecule has 0 aliphatic carbocycles. The molecule has 85 valence electrons. The van der Waals surface area contributed by atoms with Crippen LogP contribution in [0.4, 0.5) is 0 Å². The number of carbonyl (C=O) groups is 2. The van der Waals surface area contributed by atoms with Gasteiger partial charge in [-0.25, -0.2) is 9.59 Å². The van der Waals surface area contributed by atoms with Crippen molar-refractivity contribution in [2.24, 2.45) is 0 Å². The van der Waals surface area contributed by atoms with E-state index in [1.807, 2.05) is 0 Å². The van der Waals surface area contributed by atoms with E-state index in [4.69, 9.17) is 30.6 Å². The van der Waals surface area contributed by atoms with Crippen LogP contribution in [0.25, 0.3) is 0 Å². The van der Waals surface area contributed by atoms with Gasteiger partial charge in [-0.05, 0) is 0 Å². The first kappa shape index (κ1) is 17.4. The van der Waals surface area contributed by atoms with Crippen LogP contribution < -0.4 is 0 Å². The summed E-state index contributed by atoms with van der Waals surface area (Å²) in [5.41, 5.74) is 0. The van der Waals surface area contributed by atoms with Crippen molar-refractivity contribution in [3.63, 3.8) is 0 Å². The Hall–Kier alpha value is -0.0252. The summed E-state index contributed by atoms with van der Waals surface area (Å²) in [5, 5.41) is 51.5. The molecule has 15 heavy (non-hydrogen) atoms. The van der Waals surface area contributed by atoms with Crippen LogP contribution in [0.1, 0.15) is 0 Å². The van der Waals surface area contributed by atoms with Crippen LogP contribution in [0, 0.1) is 35.6 Å². The first-order valence-electron chi connectivity index (χ1n) is 3.47. The number of aliphatic hydroxyl groups excluding tert-OH is 4. The number of carboxylic acid groups (broad SMARTS) is 2. The molecule has 0 bridgehead atoms. The molecule has 0 fully saturated rings. The summed E-state index contributed by atoms with van der Waals surface area (Å²) >= 11 is 0. The minimum atomic E-state index is -2.36. The zero-order valence-electron chi connectivity index (χ0n) is 7.39. The van der Waals surface area contributed by atoms with Crippen LogP contribution in [0.3, 0.4) is 0 Å². The number of rotatable bonds is 5. The normalized spacial score (nSPS) is 18.1. The summed E-state index contributed by atoms with van der Waals surface area (Å²) in [4.78, 5) is 20.2. The second-order valence-corrected chi connectivity index (χ2v) is 2.55. The Labute approximate surface area is 112 Å². The van der Waals surface area contributed by atoms with Crippen molar-refractivity contribution in [2.75, 3.05) is 0 Å². The maximum atomic E-state index is 10.1. The fraction of sp³-hybridized carbons (Fsp3) is 0.667. The summed E-state index contributed by atoms with van der Waals surface area (Å²) in [5.74, 6) is -3.68. The van der Waals surface area contributed by atoms with Gasteiger partial charge in [0.1, 0.15) is 12.2 Å². The average molecular weight is 349 g/mol. The van der Waals surface area contributed by atoms with Gasteiger partial charge in [-0.2, -0.15) is 0 Å². The van der Waals surface area contributed by atoms with E-state index in [0.29, 0.717) is 0 Å². The van der Waals surface area contributed by atoms with Crippen LogP contribution in [-0.2, 0) is 9.59 Å². The largest absolute Gasteiger partial charge is 0.479 e. The van der Waals surface area contributed by atoms with Gasteiger partial charge in [0, 0.05) is 35.6 Å². The van der Waals surface area contributed by atoms with Crippen molar-refractivity contribution >= 4 is 11.9 Å². The number of hydrogen-bond acceptors (Lipinski definition) is 6. The van der Waals surface area contributed by atoms with Crippen LogP contribution in [0.5, 0.6) is 0 Å². The maximum absolute atomic E-state index is 10.1. The van der Waals surface area contributed by atoms with Gasteiger partial charge < -0.3 is 30.6 Å². The summed E-state index contributed by atoms with van der Waals surface area (Å²) < 4.78 is 0. The van der Waals surface area contributed by atoms with Gasteiger partial charge in [-0.1, -0.05) is 0 Å². The summed E-state index contributed by atoms with van der Waals surface area (Å²) in [6, 6.07) is 0. The van der Waals surface area contributed by atoms with Crippen molar-refractivity contribution < 1.29 is 75.8 Å². The van der Waals surface area contributed by atoms with Crippen molar-refractivity contribution in [2.45, 2.75) is 24.4 Å². The summed E-state index contributed by atoms with van der Waals surface area (Å²) in [6.07, 6.45) is -9.28. The van der Waals surface area contributed by atoms with Crippen LogP contribution in [-0.4, -0.2) is 67.0 Å². The quantitative estimate of drug-likeness (QED) is 0.300. The van der Waals surface area contributed by atoms with Gasteiger partial charge in [-0.15, -0.1) is 0 Å². The predicted octanol–water partition coefficient (Wildman–Crippen LogP) is -3.40. The van der Waals surface area contributed by atoms with E-state index in [0.717, 1.165) is 0 Å². The monoisotopic (exact) mass is 349 g/mol. The molecule has 0 rings (SSSR count). The minimum absolute atomic E-state index is 0. The van der Waals surface area contributed by atoms with Gasteiger partial charge >= 0.3 is 11.9 Å². The molecule has 0 aromatic carbocycles. The van der Waals surface area contributed by atoms with E-state index >= 15 is 0 Å². The molecule has 6 N–H and O–H groups in total. The molecule has 0 heterocycles. The summed E-state index contributed by atoms with van der Waals surface area (Å²) in [7, 11) is 0. The molecule has 0 spiro atoms. The zero-order chi connectivity index (χ0) is 11.5. The molecule has 4 unspecified atom stereocenters. The molecule has 9 heteroatoms. The molecule has 8 nitrogen and oxygen atoms in total. The van der Waals surface area contributed by atoms with Crippen molar-refractivity contribution in [3.8, 4) is 0 Å². The van der Waals surface area contributed by atoms with Gasteiger partial charge in [-0.3, -0.25) is 0 Å². The second-order valence-electron chi connectivity index (χ2n) is 2.55. The van der Waals surface area contributed by atoms with Gasteiger partial charge in [0.2, 0.25) is 0 Å². The topological polar surface area (TPSA) is 156 Å². The summed E-state index contributed by atoms with van der Waals surface area (Å²) in [6.45, 7) is 0. The van der Waals surface area contributed by atoms with E-state index in [9.17, 15) is 9.59 Å². The molecule has 0 aliphatic heterocycles. The van der Waals surface area contributed by atoms with Crippen molar-refractivity contribution in [1.29, 1.82) is 0 Å². The number of aliphatic carboxylic acids is 2. The minimum Gasteiger partial charge on any atom is -0.479 e.